The minimum atomic E-state index is -1.58. The Morgan fingerprint density at radius 2 is 0.905 bits per heavy atom. The summed E-state index contributed by atoms with van der Waals surface area (Å²) in [7, 11) is 0. The van der Waals surface area contributed by atoms with Crippen LogP contribution in [0.4, 0.5) is 0 Å². The molecule has 1 amide bonds. The molecular weight excluding hydrogens is 931 g/mol. The van der Waals surface area contributed by atoms with Gasteiger partial charge < -0.3 is 45.1 Å². The van der Waals surface area contributed by atoms with Crippen LogP contribution in [0.25, 0.3) is 0 Å². The highest BCUT2D eigenvalue weighted by atomic mass is 16.7. The lowest BCUT2D eigenvalue weighted by Gasteiger charge is -2.40. The number of aliphatic hydroxyl groups excluding tert-OH is 5. The minimum absolute atomic E-state index is 0.0171. The van der Waals surface area contributed by atoms with Gasteiger partial charge in [0.2, 0.25) is 5.91 Å². The van der Waals surface area contributed by atoms with Crippen molar-refractivity contribution < 1.29 is 49.3 Å². The number of hydrogen-bond donors (Lipinski definition) is 6. The maximum absolute atomic E-state index is 13.0. The fourth-order valence-corrected chi connectivity index (χ4v) is 9.46. The zero-order chi connectivity index (χ0) is 53.8. The molecule has 0 saturated carbocycles. The molecule has 1 aliphatic heterocycles. The van der Waals surface area contributed by atoms with E-state index in [0.29, 0.717) is 19.4 Å². The Labute approximate surface area is 453 Å². The Morgan fingerprint density at radius 3 is 1.41 bits per heavy atom. The summed E-state index contributed by atoms with van der Waals surface area (Å²) in [5.74, 6) is -0.216. The van der Waals surface area contributed by atoms with Gasteiger partial charge in [-0.1, -0.05) is 223 Å². The minimum Gasteiger partial charge on any atom is -0.466 e. The molecule has 1 heterocycles. The summed E-state index contributed by atoms with van der Waals surface area (Å²) in [6.45, 7) is 4.26. The predicted octanol–water partition coefficient (Wildman–Crippen LogP) is 14.5. The first-order chi connectivity index (χ1) is 36.2. The largest absolute Gasteiger partial charge is 0.466 e. The summed E-state index contributed by atoms with van der Waals surface area (Å²) >= 11 is 0. The highest BCUT2D eigenvalue weighted by Gasteiger charge is 2.44. The van der Waals surface area contributed by atoms with Gasteiger partial charge in [-0.3, -0.25) is 9.59 Å². The molecule has 7 atom stereocenters. The molecule has 432 valence electrons. The number of carbonyl (C=O) groups is 2. The molecule has 6 N–H and O–H groups in total. The monoisotopic (exact) mass is 1050 g/mol. The van der Waals surface area contributed by atoms with Gasteiger partial charge in [0.15, 0.2) is 6.29 Å². The van der Waals surface area contributed by atoms with Crippen molar-refractivity contribution in [1.29, 1.82) is 0 Å². The van der Waals surface area contributed by atoms with E-state index in [1.54, 1.807) is 6.08 Å². The van der Waals surface area contributed by atoms with Crippen LogP contribution < -0.4 is 5.32 Å². The summed E-state index contributed by atoms with van der Waals surface area (Å²) in [6.07, 6.45) is 56.5. The number of rotatable bonds is 53. The molecule has 74 heavy (non-hydrogen) atoms. The number of esters is 1. The maximum atomic E-state index is 13.0. The standard InChI is InChI=1S/C63H115NO10/c1-3-5-7-9-11-13-14-15-16-17-18-22-25-28-31-35-39-43-47-51-59(68)72-52-48-44-40-36-32-29-26-23-20-19-21-24-27-30-34-38-42-46-50-58(67)64-55(56(66)49-45-41-37-33-12-10-8-6-4-2)54-73-63-62(71)61(70)60(69)57(53-65)74-63/h11,13,15-16,21,24,45,49,55-57,60-63,65-66,69-71H,3-10,12,14,17-20,22-23,25-44,46-48,50-54H2,1-2H3,(H,64,67)/b13-11-,16-15-,24-21-,49-45+. The van der Waals surface area contributed by atoms with E-state index in [4.69, 9.17) is 14.2 Å². The Hall–Kier alpha value is -2.38. The van der Waals surface area contributed by atoms with Gasteiger partial charge in [-0.2, -0.15) is 0 Å². The summed E-state index contributed by atoms with van der Waals surface area (Å²) < 4.78 is 16.7. The second kappa shape index (κ2) is 52.7. The topological polar surface area (TPSA) is 175 Å². The number of amides is 1. The molecule has 0 spiro atoms. The molecule has 0 aromatic carbocycles. The maximum Gasteiger partial charge on any atom is 0.305 e. The van der Waals surface area contributed by atoms with Crippen LogP contribution in [0.2, 0.25) is 0 Å². The van der Waals surface area contributed by atoms with Crippen LogP contribution in [0.3, 0.4) is 0 Å². The first-order valence-corrected chi connectivity index (χ1v) is 30.9. The fraction of sp³-hybridized carbons (Fsp3) is 0.841. The molecule has 1 saturated heterocycles. The van der Waals surface area contributed by atoms with E-state index >= 15 is 0 Å². The SMILES string of the molecule is CCCCC/C=C\C/C=C\CCCCCCCCCCCC(=O)OCCCCCCCCCCC/C=C\CCCCCCCC(=O)NC(COC1OC(CO)C(O)C(O)C1O)C(O)/C=C/CCCCCCCCC. The molecule has 0 aliphatic carbocycles. The van der Waals surface area contributed by atoms with E-state index in [0.717, 1.165) is 96.3 Å². The first kappa shape index (κ1) is 69.6. The smallest absolute Gasteiger partial charge is 0.305 e. The van der Waals surface area contributed by atoms with E-state index in [2.05, 4.69) is 55.6 Å². The van der Waals surface area contributed by atoms with Crippen LogP contribution in [-0.2, 0) is 23.8 Å². The van der Waals surface area contributed by atoms with Crippen molar-refractivity contribution in [3.05, 3.63) is 48.6 Å². The van der Waals surface area contributed by atoms with Crippen LogP contribution in [0, 0.1) is 0 Å². The van der Waals surface area contributed by atoms with E-state index in [1.807, 2.05) is 6.08 Å². The zero-order valence-electron chi connectivity index (χ0n) is 47.6. The number of ether oxygens (including phenoxy) is 3. The Kier molecular flexibility index (Phi) is 49.6. The third kappa shape index (κ3) is 41.7. The molecule has 11 heteroatoms. The molecule has 1 rings (SSSR count). The molecule has 0 aromatic rings. The third-order valence-electron chi connectivity index (χ3n) is 14.4. The summed E-state index contributed by atoms with van der Waals surface area (Å²) in [4.78, 5) is 25.1. The third-order valence-corrected chi connectivity index (χ3v) is 14.4. The number of carbonyl (C=O) groups excluding carboxylic acids is 2. The lowest BCUT2D eigenvalue weighted by Crippen LogP contribution is -2.60. The van der Waals surface area contributed by atoms with Crippen molar-refractivity contribution >= 4 is 11.9 Å². The first-order valence-electron chi connectivity index (χ1n) is 30.9. The lowest BCUT2D eigenvalue weighted by molar-refractivity contribution is -0.302. The molecule has 0 radical (unpaired) electrons. The van der Waals surface area contributed by atoms with Crippen molar-refractivity contribution in [2.24, 2.45) is 0 Å². The van der Waals surface area contributed by atoms with Crippen molar-refractivity contribution in [3.8, 4) is 0 Å². The number of nitrogens with one attached hydrogen (secondary N) is 1. The fourth-order valence-electron chi connectivity index (χ4n) is 9.46. The summed E-state index contributed by atoms with van der Waals surface area (Å²) in [6, 6.07) is -0.819. The quantitative estimate of drug-likeness (QED) is 0.0195. The van der Waals surface area contributed by atoms with Crippen molar-refractivity contribution in [2.75, 3.05) is 19.8 Å². The molecule has 0 bridgehead atoms. The number of hydrogen-bond acceptors (Lipinski definition) is 10. The summed E-state index contributed by atoms with van der Waals surface area (Å²) in [5.41, 5.74) is 0. The second-order valence-corrected chi connectivity index (χ2v) is 21.4. The van der Waals surface area contributed by atoms with Gasteiger partial charge in [-0.25, -0.2) is 0 Å². The van der Waals surface area contributed by atoms with Gasteiger partial charge in [0.1, 0.15) is 24.4 Å². The van der Waals surface area contributed by atoms with E-state index in [-0.39, 0.29) is 18.5 Å². The average Bonchev–Trinajstić information content (AvgIpc) is 3.40. The highest BCUT2D eigenvalue weighted by molar-refractivity contribution is 5.76. The van der Waals surface area contributed by atoms with Crippen molar-refractivity contribution in [2.45, 2.75) is 320 Å². The van der Waals surface area contributed by atoms with Crippen molar-refractivity contribution in [1.82, 2.24) is 5.32 Å². The molecule has 7 unspecified atom stereocenters. The van der Waals surface area contributed by atoms with E-state index in [1.165, 1.54) is 154 Å². The Morgan fingerprint density at radius 1 is 0.500 bits per heavy atom. The van der Waals surface area contributed by atoms with Gasteiger partial charge in [0, 0.05) is 12.8 Å². The van der Waals surface area contributed by atoms with E-state index in [9.17, 15) is 35.1 Å². The summed E-state index contributed by atoms with van der Waals surface area (Å²) in [5, 5.41) is 54.2. The Bertz CT molecular complexity index is 1370. The Balaban J connectivity index is 2.01. The molecule has 1 aliphatic rings. The number of aliphatic hydroxyl groups is 5. The van der Waals surface area contributed by atoms with Crippen molar-refractivity contribution in [3.63, 3.8) is 0 Å². The van der Waals surface area contributed by atoms with Gasteiger partial charge in [-0.15, -0.1) is 0 Å². The average molecular weight is 1050 g/mol. The normalized spacial score (nSPS) is 19.1. The van der Waals surface area contributed by atoms with Gasteiger partial charge >= 0.3 is 5.97 Å². The van der Waals surface area contributed by atoms with Crippen LogP contribution >= 0.6 is 0 Å². The van der Waals surface area contributed by atoms with E-state index < -0.39 is 49.5 Å². The van der Waals surface area contributed by atoms with Gasteiger partial charge in [0.05, 0.1) is 32.0 Å². The van der Waals surface area contributed by atoms with Crippen LogP contribution in [0.1, 0.15) is 277 Å². The molecule has 0 aromatic heterocycles. The number of unbranched alkanes of at least 4 members (excludes halogenated alkanes) is 33. The lowest BCUT2D eigenvalue weighted by atomic mass is 9.99. The molecular formula is C63H115NO10. The van der Waals surface area contributed by atoms with Gasteiger partial charge in [0.25, 0.3) is 0 Å². The predicted molar refractivity (Wildman–Crippen MR) is 306 cm³/mol. The highest BCUT2D eigenvalue weighted by Crippen LogP contribution is 2.23. The molecule has 11 nitrogen and oxygen atoms in total. The van der Waals surface area contributed by atoms with Crippen LogP contribution in [0.5, 0.6) is 0 Å². The van der Waals surface area contributed by atoms with Crippen LogP contribution in [0.15, 0.2) is 48.6 Å². The van der Waals surface area contributed by atoms with Crippen LogP contribution in [-0.4, -0.2) is 100 Å². The zero-order valence-corrected chi connectivity index (χ0v) is 47.6. The van der Waals surface area contributed by atoms with Gasteiger partial charge in [-0.05, 0) is 89.9 Å². The molecule has 1 fully saturated rings. The number of allylic oxidation sites excluding steroid dienone is 7. The second-order valence-electron chi connectivity index (χ2n) is 21.4.